The molecule has 2 aromatic carbocycles. The van der Waals surface area contributed by atoms with E-state index in [4.69, 9.17) is 0 Å². The molecule has 0 amide bonds. The molecule has 0 spiro atoms. The van der Waals surface area contributed by atoms with Crippen molar-refractivity contribution < 1.29 is 0 Å². The van der Waals surface area contributed by atoms with E-state index in [2.05, 4.69) is 76.3 Å². The van der Waals surface area contributed by atoms with E-state index in [9.17, 15) is 0 Å². The van der Waals surface area contributed by atoms with Crippen LogP contribution >= 0.6 is 0 Å². The summed E-state index contributed by atoms with van der Waals surface area (Å²) in [4.78, 5) is 0. The molecule has 0 aliphatic heterocycles. The SMILES string of the molecule is Cc1cc(C)c(C(C)Nc2ccccc2C)cc1C. The first kappa shape index (κ1) is 13.7. The molecule has 2 rings (SSSR count). The summed E-state index contributed by atoms with van der Waals surface area (Å²) >= 11 is 0. The number of hydrogen-bond acceptors (Lipinski definition) is 1. The highest BCUT2D eigenvalue weighted by atomic mass is 14.9. The quantitative estimate of drug-likeness (QED) is 0.803. The lowest BCUT2D eigenvalue weighted by Crippen LogP contribution is -2.09. The minimum absolute atomic E-state index is 0.320. The van der Waals surface area contributed by atoms with Crippen molar-refractivity contribution in [1.29, 1.82) is 0 Å². The molecule has 0 aliphatic carbocycles. The van der Waals surface area contributed by atoms with Crippen LogP contribution < -0.4 is 5.32 Å². The summed E-state index contributed by atoms with van der Waals surface area (Å²) in [6.45, 7) is 10.9. The molecule has 0 saturated heterocycles. The van der Waals surface area contributed by atoms with Gasteiger partial charge in [0.25, 0.3) is 0 Å². The number of anilines is 1. The topological polar surface area (TPSA) is 12.0 Å². The normalized spacial score (nSPS) is 12.3. The molecule has 0 heterocycles. The van der Waals surface area contributed by atoms with Crippen LogP contribution in [0.5, 0.6) is 0 Å². The minimum Gasteiger partial charge on any atom is -0.378 e. The van der Waals surface area contributed by atoms with Crippen LogP contribution in [0.1, 0.15) is 40.8 Å². The van der Waals surface area contributed by atoms with Gasteiger partial charge < -0.3 is 5.32 Å². The molecule has 1 unspecified atom stereocenters. The maximum atomic E-state index is 3.61. The van der Waals surface area contributed by atoms with Crippen LogP contribution in [0.25, 0.3) is 0 Å². The highest BCUT2D eigenvalue weighted by molar-refractivity contribution is 5.52. The van der Waals surface area contributed by atoms with Gasteiger partial charge in [0, 0.05) is 11.7 Å². The molecule has 100 valence electrons. The molecule has 0 fully saturated rings. The Labute approximate surface area is 116 Å². The third-order valence-corrected chi connectivity index (χ3v) is 3.87. The van der Waals surface area contributed by atoms with Gasteiger partial charge in [0.05, 0.1) is 0 Å². The third kappa shape index (κ3) is 2.98. The smallest absolute Gasteiger partial charge is 0.0488 e. The van der Waals surface area contributed by atoms with E-state index >= 15 is 0 Å². The molecule has 1 atom stereocenters. The van der Waals surface area contributed by atoms with E-state index in [1.165, 1.54) is 33.5 Å². The predicted octanol–water partition coefficient (Wildman–Crippen LogP) is 5.09. The number of hydrogen-bond donors (Lipinski definition) is 1. The summed E-state index contributed by atoms with van der Waals surface area (Å²) in [6.07, 6.45) is 0. The first-order valence-corrected chi connectivity index (χ1v) is 6.89. The Kier molecular flexibility index (Phi) is 3.94. The van der Waals surface area contributed by atoms with Gasteiger partial charge >= 0.3 is 0 Å². The molecule has 0 aliphatic rings. The molecule has 1 N–H and O–H groups in total. The zero-order valence-electron chi connectivity index (χ0n) is 12.5. The van der Waals surface area contributed by atoms with Gasteiger partial charge in [-0.05, 0) is 68.5 Å². The average Bonchev–Trinajstić information content (AvgIpc) is 2.36. The molecule has 1 heteroatoms. The predicted molar refractivity (Wildman–Crippen MR) is 83.9 cm³/mol. The van der Waals surface area contributed by atoms with Gasteiger partial charge in [0.1, 0.15) is 0 Å². The monoisotopic (exact) mass is 253 g/mol. The maximum absolute atomic E-state index is 3.61. The molecule has 2 aromatic rings. The van der Waals surface area contributed by atoms with Crippen molar-refractivity contribution in [2.75, 3.05) is 5.32 Å². The Hall–Kier alpha value is -1.76. The van der Waals surface area contributed by atoms with Crippen molar-refractivity contribution >= 4 is 5.69 Å². The summed E-state index contributed by atoms with van der Waals surface area (Å²) in [5.74, 6) is 0. The van der Waals surface area contributed by atoms with Gasteiger partial charge in [0.2, 0.25) is 0 Å². The van der Waals surface area contributed by atoms with E-state index in [1.54, 1.807) is 0 Å². The molecule has 0 bridgehead atoms. The summed E-state index contributed by atoms with van der Waals surface area (Å²) in [7, 11) is 0. The fourth-order valence-corrected chi connectivity index (χ4v) is 2.50. The van der Waals surface area contributed by atoms with E-state index < -0.39 is 0 Å². The van der Waals surface area contributed by atoms with Crippen molar-refractivity contribution in [2.24, 2.45) is 0 Å². The average molecular weight is 253 g/mol. The Morgan fingerprint density at radius 3 is 2.11 bits per heavy atom. The second-order valence-electron chi connectivity index (χ2n) is 5.47. The number of benzene rings is 2. The first-order valence-electron chi connectivity index (χ1n) is 6.89. The van der Waals surface area contributed by atoms with Gasteiger partial charge in [-0.2, -0.15) is 0 Å². The summed E-state index contributed by atoms with van der Waals surface area (Å²) < 4.78 is 0. The van der Waals surface area contributed by atoms with E-state index in [0.29, 0.717) is 6.04 Å². The summed E-state index contributed by atoms with van der Waals surface area (Å²) in [6, 6.07) is 13.3. The third-order valence-electron chi connectivity index (χ3n) is 3.87. The number of aryl methyl sites for hydroxylation is 4. The Morgan fingerprint density at radius 1 is 0.789 bits per heavy atom. The highest BCUT2D eigenvalue weighted by Gasteiger charge is 2.10. The van der Waals surface area contributed by atoms with Crippen molar-refractivity contribution in [2.45, 2.75) is 40.7 Å². The van der Waals surface area contributed by atoms with Crippen molar-refractivity contribution in [3.8, 4) is 0 Å². The van der Waals surface area contributed by atoms with Crippen molar-refractivity contribution in [3.05, 3.63) is 64.2 Å². The Balaban J connectivity index is 2.28. The molecule has 0 aromatic heterocycles. The van der Waals surface area contributed by atoms with Crippen molar-refractivity contribution in [3.63, 3.8) is 0 Å². The zero-order chi connectivity index (χ0) is 14.0. The van der Waals surface area contributed by atoms with Crippen LogP contribution in [0.3, 0.4) is 0 Å². The van der Waals surface area contributed by atoms with Crippen LogP contribution in [-0.4, -0.2) is 0 Å². The standard InChI is InChI=1S/C18H23N/c1-12-8-6-7-9-18(12)19-16(5)17-11-14(3)13(2)10-15(17)4/h6-11,16,19H,1-5H3. The van der Waals surface area contributed by atoms with E-state index in [-0.39, 0.29) is 0 Å². The number of para-hydroxylation sites is 1. The van der Waals surface area contributed by atoms with Crippen LogP contribution in [0.2, 0.25) is 0 Å². The number of rotatable bonds is 3. The van der Waals surface area contributed by atoms with Crippen LogP contribution in [0, 0.1) is 27.7 Å². The molecule has 1 nitrogen and oxygen atoms in total. The van der Waals surface area contributed by atoms with Gasteiger partial charge in [-0.3, -0.25) is 0 Å². The van der Waals surface area contributed by atoms with E-state index in [1.807, 2.05) is 0 Å². The lowest BCUT2D eigenvalue weighted by Gasteiger charge is -2.20. The van der Waals surface area contributed by atoms with Crippen molar-refractivity contribution in [1.82, 2.24) is 0 Å². The zero-order valence-corrected chi connectivity index (χ0v) is 12.5. The largest absolute Gasteiger partial charge is 0.378 e. The molecule has 0 saturated carbocycles. The second kappa shape index (κ2) is 5.48. The summed E-state index contributed by atoms with van der Waals surface area (Å²) in [5, 5.41) is 3.61. The summed E-state index contributed by atoms with van der Waals surface area (Å²) in [5.41, 5.74) is 7.97. The van der Waals surface area contributed by atoms with Crippen LogP contribution in [0.15, 0.2) is 36.4 Å². The molecular formula is C18H23N. The second-order valence-corrected chi connectivity index (χ2v) is 5.47. The Bertz CT molecular complexity index is 584. The molecule has 0 radical (unpaired) electrons. The maximum Gasteiger partial charge on any atom is 0.0488 e. The van der Waals surface area contributed by atoms with Crippen LogP contribution in [-0.2, 0) is 0 Å². The van der Waals surface area contributed by atoms with Crippen LogP contribution in [0.4, 0.5) is 5.69 Å². The van der Waals surface area contributed by atoms with Gasteiger partial charge in [0.15, 0.2) is 0 Å². The highest BCUT2D eigenvalue weighted by Crippen LogP contribution is 2.26. The van der Waals surface area contributed by atoms with Gasteiger partial charge in [-0.25, -0.2) is 0 Å². The fourth-order valence-electron chi connectivity index (χ4n) is 2.50. The fraction of sp³-hybridized carbons (Fsp3) is 0.333. The Morgan fingerprint density at radius 2 is 1.42 bits per heavy atom. The minimum atomic E-state index is 0.320. The first-order chi connectivity index (χ1) is 8.99. The van der Waals surface area contributed by atoms with Gasteiger partial charge in [-0.15, -0.1) is 0 Å². The van der Waals surface area contributed by atoms with E-state index in [0.717, 1.165) is 0 Å². The van der Waals surface area contributed by atoms with Gasteiger partial charge in [-0.1, -0.05) is 30.3 Å². The lowest BCUT2D eigenvalue weighted by atomic mass is 9.96. The lowest BCUT2D eigenvalue weighted by molar-refractivity contribution is 0.868. The molecule has 19 heavy (non-hydrogen) atoms. The number of nitrogens with one attached hydrogen (secondary N) is 1. The molecular weight excluding hydrogens is 230 g/mol.